The zero-order valence-corrected chi connectivity index (χ0v) is 8.97. The third kappa shape index (κ3) is 1.71. The minimum Gasteiger partial charge on any atom is -0.384 e. The summed E-state index contributed by atoms with van der Waals surface area (Å²) in [5.41, 5.74) is 9.18. The fourth-order valence-corrected chi connectivity index (χ4v) is 1.92. The maximum atomic E-state index is 11.2. The number of nitrogens with zero attached hydrogens (tertiary/aromatic N) is 2. The van der Waals surface area contributed by atoms with E-state index in [9.17, 15) is 4.79 Å². The van der Waals surface area contributed by atoms with Crippen LogP contribution in [0.2, 0.25) is 0 Å². The molecule has 0 atom stereocenters. The molecule has 1 aromatic heterocycles. The predicted molar refractivity (Wildman–Crippen MR) is 64.2 cm³/mol. The molecule has 84 valence electrons. The average Bonchev–Trinajstić information content (AvgIpc) is 2.68. The van der Waals surface area contributed by atoms with Gasteiger partial charge in [-0.3, -0.25) is 4.79 Å². The summed E-state index contributed by atoms with van der Waals surface area (Å²) in [5, 5.41) is 2.79. The first kappa shape index (κ1) is 9.77. The van der Waals surface area contributed by atoms with Gasteiger partial charge in [0.2, 0.25) is 5.91 Å². The second-order valence-corrected chi connectivity index (χ2v) is 3.92. The Hall–Kier alpha value is -2.43. The molecular formula is C12H10N4O. The number of amides is 1. The highest BCUT2D eigenvalue weighted by molar-refractivity contribution is 5.99. The second kappa shape index (κ2) is 3.55. The van der Waals surface area contributed by atoms with Crippen LogP contribution in [0, 0.1) is 0 Å². The molecule has 3 rings (SSSR count). The molecule has 17 heavy (non-hydrogen) atoms. The van der Waals surface area contributed by atoms with Crippen LogP contribution >= 0.6 is 0 Å². The van der Waals surface area contributed by atoms with Gasteiger partial charge in [0.1, 0.15) is 12.1 Å². The van der Waals surface area contributed by atoms with Gasteiger partial charge in [-0.1, -0.05) is 6.07 Å². The Kier molecular flexibility index (Phi) is 2.04. The number of fused-ring (bicyclic) bond motifs is 1. The van der Waals surface area contributed by atoms with E-state index < -0.39 is 0 Å². The lowest BCUT2D eigenvalue weighted by molar-refractivity contribution is -0.115. The molecule has 1 aromatic carbocycles. The third-order valence-electron chi connectivity index (χ3n) is 2.71. The largest absolute Gasteiger partial charge is 0.384 e. The van der Waals surface area contributed by atoms with E-state index in [1.54, 1.807) is 6.07 Å². The number of carbonyl (C=O) groups is 1. The number of benzene rings is 1. The number of hydrogen-bond acceptors (Lipinski definition) is 4. The van der Waals surface area contributed by atoms with Crippen molar-refractivity contribution in [2.24, 2.45) is 0 Å². The molecule has 0 saturated heterocycles. The minimum atomic E-state index is 0.0272. The van der Waals surface area contributed by atoms with E-state index in [-0.39, 0.29) is 5.91 Å². The Balaban J connectivity index is 2.06. The highest BCUT2D eigenvalue weighted by Crippen LogP contribution is 2.28. The van der Waals surface area contributed by atoms with Gasteiger partial charge in [-0.15, -0.1) is 0 Å². The Bertz CT molecular complexity index is 609. The monoisotopic (exact) mass is 226 g/mol. The van der Waals surface area contributed by atoms with Gasteiger partial charge in [-0.05, 0) is 17.7 Å². The topological polar surface area (TPSA) is 80.9 Å². The van der Waals surface area contributed by atoms with E-state index >= 15 is 0 Å². The predicted octanol–water partition coefficient (Wildman–Crippen LogP) is 1.22. The van der Waals surface area contributed by atoms with Crippen molar-refractivity contribution in [3.05, 3.63) is 36.2 Å². The third-order valence-corrected chi connectivity index (χ3v) is 2.71. The number of carbonyl (C=O) groups excluding carboxylic acids is 1. The quantitative estimate of drug-likeness (QED) is 0.766. The molecule has 0 aliphatic carbocycles. The van der Waals surface area contributed by atoms with E-state index in [1.807, 2.05) is 18.2 Å². The zero-order valence-electron chi connectivity index (χ0n) is 8.97. The van der Waals surface area contributed by atoms with Crippen molar-refractivity contribution < 1.29 is 4.79 Å². The fraction of sp³-hybridized carbons (Fsp3) is 0.0833. The molecule has 5 nitrogen and oxygen atoms in total. The number of rotatable bonds is 1. The molecule has 0 saturated carbocycles. The van der Waals surface area contributed by atoms with Gasteiger partial charge in [0.15, 0.2) is 0 Å². The van der Waals surface area contributed by atoms with Crippen molar-refractivity contribution in [2.75, 3.05) is 11.1 Å². The summed E-state index contributed by atoms with van der Waals surface area (Å²) in [6, 6.07) is 7.46. The Labute approximate surface area is 97.7 Å². The summed E-state index contributed by atoms with van der Waals surface area (Å²) in [7, 11) is 0. The van der Waals surface area contributed by atoms with Crippen LogP contribution in [0.4, 0.5) is 11.5 Å². The summed E-state index contributed by atoms with van der Waals surface area (Å²) < 4.78 is 0. The summed E-state index contributed by atoms with van der Waals surface area (Å²) >= 11 is 0. The first-order valence-electron chi connectivity index (χ1n) is 5.23. The van der Waals surface area contributed by atoms with Crippen LogP contribution in [-0.2, 0) is 11.2 Å². The molecule has 0 unspecified atom stereocenters. The highest BCUT2D eigenvalue weighted by atomic mass is 16.1. The number of hydrogen-bond donors (Lipinski definition) is 2. The van der Waals surface area contributed by atoms with Crippen LogP contribution in [0.1, 0.15) is 5.56 Å². The molecule has 1 aliphatic rings. The van der Waals surface area contributed by atoms with Crippen molar-refractivity contribution in [2.45, 2.75) is 6.42 Å². The van der Waals surface area contributed by atoms with Crippen LogP contribution in [0.25, 0.3) is 11.3 Å². The van der Waals surface area contributed by atoms with Gasteiger partial charge < -0.3 is 11.1 Å². The van der Waals surface area contributed by atoms with Crippen LogP contribution in [-0.4, -0.2) is 15.9 Å². The van der Waals surface area contributed by atoms with E-state index in [0.717, 1.165) is 22.5 Å². The molecular weight excluding hydrogens is 216 g/mol. The SMILES string of the molecule is Nc1cc(-c2ccc3c(c2)CC(=O)N3)ncn1. The molecule has 0 radical (unpaired) electrons. The van der Waals surface area contributed by atoms with E-state index in [4.69, 9.17) is 5.73 Å². The summed E-state index contributed by atoms with van der Waals surface area (Å²) in [6.07, 6.45) is 1.85. The van der Waals surface area contributed by atoms with Crippen LogP contribution in [0.15, 0.2) is 30.6 Å². The van der Waals surface area contributed by atoms with Crippen molar-refractivity contribution in [1.29, 1.82) is 0 Å². The number of nitrogen functional groups attached to an aromatic ring is 1. The fourth-order valence-electron chi connectivity index (χ4n) is 1.92. The van der Waals surface area contributed by atoms with Gasteiger partial charge in [-0.2, -0.15) is 0 Å². The molecule has 0 spiro atoms. The molecule has 0 bridgehead atoms. The first-order valence-corrected chi connectivity index (χ1v) is 5.23. The summed E-state index contributed by atoms with van der Waals surface area (Å²) in [4.78, 5) is 19.3. The molecule has 5 heteroatoms. The smallest absolute Gasteiger partial charge is 0.228 e. The lowest BCUT2D eigenvalue weighted by Gasteiger charge is -2.04. The number of nitrogens with one attached hydrogen (secondary N) is 1. The van der Waals surface area contributed by atoms with Crippen molar-refractivity contribution in [1.82, 2.24) is 9.97 Å². The van der Waals surface area contributed by atoms with Gasteiger partial charge in [0.05, 0.1) is 12.1 Å². The average molecular weight is 226 g/mol. The first-order chi connectivity index (χ1) is 8.22. The number of anilines is 2. The van der Waals surface area contributed by atoms with Crippen molar-refractivity contribution in [3.63, 3.8) is 0 Å². The van der Waals surface area contributed by atoms with Crippen molar-refractivity contribution in [3.8, 4) is 11.3 Å². The van der Waals surface area contributed by atoms with Gasteiger partial charge in [0, 0.05) is 17.3 Å². The molecule has 1 amide bonds. The normalized spacial score (nSPS) is 13.3. The van der Waals surface area contributed by atoms with E-state index in [2.05, 4.69) is 15.3 Å². The van der Waals surface area contributed by atoms with E-state index in [0.29, 0.717) is 12.2 Å². The minimum absolute atomic E-state index is 0.0272. The zero-order chi connectivity index (χ0) is 11.8. The Morgan fingerprint density at radius 3 is 2.94 bits per heavy atom. The highest BCUT2D eigenvalue weighted by Gasteiger charge is 2.17. The second-order valence-electron chi connectivity index (χ2n) is 3.92. The van der Waals surface area contributed by atoms with Gasteiger partial charge in [0.25, 0.3) is 0 Å². The summed E-state index contributed by atoms with van der Waals surface area (Å²) in [5.74, 6) is 0.462. The Morgan fingerprint density at radius 2 is 2.12 bits per heavy atom. The van der Waals surface area contributed by atoms with E-state index in [1.165, 1.54) is 6.33 Å². The van der Waals surface area contributed by atoms with Crippen LogP contribution < -0.4 is 11.1 Å². The standard InChI is InChI=1S/C12H10N4O/c13-11-5-10(14-6-15-11)7-1-2-9-8(3-7)4-12(17)16-9/h1-3,5-6H,4H2,(H,16,17)(H2,13,14,15). The lowest BCUT2D eigenvalue weighted by Crippen LogP contribution is -2.03. The van der Waals surface area contributed by atoms with Gasteiger partial charge >= 0.3 is 0 Å². The van der Waals surface area contributed by atoms with Gasteiger partial charge in [-0.25, -0.2) is 9.97 Å². The van der Waals surface area contributed by atoms with Crippen LogP contribution in [0.3, 0.4) is 0 Å². The van der Waals surface area contributed by atoms with Crippen LogP contribution in [0.5, 0.6) is 0 Å². The maximum absolute atomic E-state index is 11.2. The molecule has 1 aliphatic heterocycles. The van der Waals surface area contributed by atoms with Crippen molar-refractivity contribution >= 4 is 17.4 Å². The lowest BCUT2D eigenvalue weighted by atomic mass is 10.1. The summed E-state index contributed by atoms with van der Waals surface area (Å²) in [6.45, 7) is 0. The molecule has 2 heterocycles. The number of aromatic nitrogens is 2. The maximum Gasteiger partial charge on any atom is 0.228 e. The Morgan fingerprint density at radius 1 is 1.24 bits per heavy atom. The molecule has 3 N–H and O–H groups in total. The number of nitrogens with two attached hydrogens (primary N) is 1. The molecule has 2 aromatic rings. The molecule has 0 fully saturated rings.